The molecule has 1 aliphatic rings. The third-order valence-corrected chi connectivity index (χ3v) is 4.04. The molecule has 1 aliphatic heterocycles. The van der Waals surface area contributed by atoms with Crippen LogP contribution in [0.25, 0.3) is 0 Å². The highest BCUT2D eigenvalue weighted by molar-refractivity contribution is 5.97. The summed E-state index contributed by atoms with van der Waals surface area (Å²) in [5.74, 6) is -0.936. The maximum atomic E-state index is 13.5. The van der Waals surface area contributed by atoms with Crippen molar-refractivity contribution in [3.05, 3.63) is 57.1 Å². The summed E-state index contributed by atoms with van der Waals surface area (Å²) in [7, 11) is 0. The van der Waals surface area contributed by atoms with E-state index in [-0.39, 0.29) is 29.5 Å². The fraction of sp³-hybridized carbons (Fsp3) is 0.333. The summed E-state index contributed by atoms with van der Waals surface area (Å²) in [6, 6.07) is 5.57. The first kappa shape index (κ1) is 18.8. The monoisotopic (exact) mass is 369 g/mol. The molecule has 1 amide bonds. The molecule has 1 aromatic carbocycles. The average molecular weight is 370 g/mol. The number of aromatic nitrogens is 2. The quantitative estimate of drug-likeness (QED) is 0.635. The van der Waals surface area contributed by atoms with Gasteiger partial charge in [0.25, 0.3) is 5.91 Å². The first-order valence-electron chi connectivity index (χ1n) is 7.45. The number of carbonyl (C=O) groups excluding carboxylic acids is 1. The molecular formula is C15H17ClFN5O3. The number of H-pyrrole nitrogens is 1. The summed E-state index contributed by atoms with van der Waals surface area (Å²) in [6.45, 7) is 2.83. The van der Waals surface area contributed by atoms with Crippen LogP contribution >= 0.6 is 12.4 Å². The SMILES string of the molecule is Cc1[nH]nc(C(=O)N2CCNCC2c2cccc(F)c2)c1[N+](=O)[O-].Cl. The second-order valence-electron chi connectivity index (χ2n) is 5.58. The molecule has 10 heteroatoms. The lowest BCUT2D eigenvalue weighted by Crippen LogP contribution is -2.48. The highest BCUT2D eigenvalue weighted by atomic mass is 35.5. The molecule has 2 N–H and O–H groups in total. The Morgan fingerprint density at radius 1 is 1.48 bits per heavy atom. The number of aryl methyl sites for hydroxylation is 1. The number of hydrogen-bond acceptors (Lipinski definition) is 5. The molecule has 0 spiro atoms. The van der Waals surface area contributed by atoms with E-state index in [0.29, 0.717) is 25.2 Å². The average Bonchev–Trinajstić information content (AvgIpc) is 2.96. The van der Waals surface area contributed by atoms with Crippen LogP contribution in [0.15, 0.2) is 24.3 Å². The van der Waals surface area contributed by atoms with E-state index in [4.69, 9.17) is 0 Å². The summed E-state index contributed by atoms with van der Waals surface area (Å²) < 4.78 is 13.5. The van der Waals surface area contributed by atoms with E-state index in [9.17, 15) is 19.3 Å². The molecule has 134 valence electrons. The van der Waals surface area contributed by atoms with Crippen molar-refractivity contribution in [3.8, 4) is 0 Å². The molecule has 0 aliphatic carbocycles. The third kappa shape index (κ3) is 3.62. The van der Waals surface area contributed by atoms with Crippen LogP contribution < -0.4 is 5.32 Å². The van der Waals surface area contributed by atoms with Crippen LogP contribution in [0, 0.1) is 22.9 Å². The summed E-state index contributed by atoms with van der Waals surface area (Å²) in [5, 5.41) is 20.6. The van der Waals surface area contributed by atoms with Crippen molar-refractivity contribution in [1.82, 2.24) is 20.4 Å². The van der Waals surface area contributed by atoms with E-state index in [2.05, 4.69) is 15.5 Å². The third-order valence-electron chi connectivity index (χ3n) is 4.04. The topological polar surface area (TPSA) is 104 Å². The van der Waals surface area contributed by atoms with Gasteiger partial charge >= 0.3 is 5.69 Å². The van der Waals surface area contributed by atoms with Gasteiger partial charge in [0.05, 0.1) is 11.0 Å². The Bertz CT molecular complexity index is 797. The molecule has 0 bridgehead atoms. The number of nitro groups is 1. The minimum Gasteiger partial charge on any atom is -0.327 e. The summed E-state index contributed by atoms with van der Waals surface area (Å²) >= 11 is 0. The van der Waals surface area contributed by atoms with Crippen molar-refractivity contribution < 1.29 is 14.1 Å². The first-order valence-corrected chi connectivity index (χ1v) is 7.45. The zero-order chi connectivity index (χ0) is 17.3. The van der Waals surface area contributed by atoms with E-state index < -0.39 is 22.7 Å². The lowest BCUT2D eigenvalue weighted by atomic mass is 10.0. The smallest absolute Gasteiger partial charge is 0.322 e. The van der Waals surface area contributed by atoms with Crippen molar-refractivity contribution in [1.29, 1.82) is 0 Å². The highest BCUT2D eigenvalue weighted by Crippen LogP contribution is 2.28. The predicted molar refractivity (Wildman–Crippen MR) is 90.3 cm³/mol. The molecule has 25 heavy (non-hydrogen) atoms. The lowest BCUT2D eigenvalue weighted by Gasteiger charge is -2.36. The normalized spacial score (nSPS) is 17.0. The van der Waals surface area contributed by atoms with E-state index >= 15 is 0 Å². The van der Waals surface area contributed by atoms with Crippen molar-refractivity contribution in [2.24, 2.45) is 0 Å². The van der Waals surface area contributed by atoms with Gasteiger partial charge in [0.2, 0.25) is 5.69 Å². The van der Waals surface area contributed by atoms with Crippen LogP contribution in [-0.4, -0.2) is 45.6 Å². The van der Waals surface area contributed by atoms with Gasteiger partial charge in [-0.05, 0) is 24.6 Å². The van der Waals surface area contributed by atoms with Gasteiger partial charge in [0.15, 0.2) is 0 Å². The molecule has 0 radical (unpaired) electrons. The molecular weight excluding hydrogens is 353 g/mol. The molecule has 1 atom stereocenters. The minimum atomic E-state index is -0.620. The zero-order valence-corrected chi connectivity index (χ0v) is 14.2. The van der Waals surface area contributed by atoms with Crippen LogP contribution in [0.2, 0.25) is 0 Å². The van der Waals surface area contributed by atoms with Gasteiger partial charge in [-0.25, -0.2) is 4.39 Å². The van der Waals surface area contributed by atoms with Crippen molar-refractivity contribution in [2.45, 2.75) is 13.0 Å². The Kier molecular flexibility index (Phi) is 5.70. The Morgan fingerprint density at radius 2 is 2.24 bits per heavy atom. The molecule has 1 fully saturated rings. The largest absolute Gasteiger partial charge is 0.327 e. The number of hydrogen-bond donors (Lipinski definition) is 2. The van der Waals surface area contributed by atoms with Crippen LogP contribution in [0.5, 0.6) is 0 Å². The lowest BCUT2D eigenvalue weighted by molar-refractivity contribution is -0.385. The Morgan fingerprint density at radius 3 is 2.92 bits per heavy atom. The number of nitrogens with zero attached hydrogens (tertiary/aromatic N) is 3. The standard InChI is InChI=1S/C15H16FN5O3.ClH/c1-9-14(21(23)24)13(19-18-9)15(22)20-6-5-17-8-12(20)10-3-2-4-11(16)7-10;/h2-4,7,12,17H,5-6,8H2,1H3,(H,18,19);1H. The second kappa shape index (κ2) is 7.58. The van der Waals surface area contributed by atoms with Gasteiger partial charge < -0.3 is 10.2 Å². The van der Waals surface area contributed by atoms with E-state index in [0.717, 1.165) is 0 Å². The molecule has 8 nitrogen and oxygen atoms in total. The predicted octanol–water partition coefficient (Wildman–Crippen LogP) is 1.97. The van der Waals surface area contributed by atoms with E-state index in [1.54, 1.807) is 12.1 Å². The number of benzene rings is 1. The van der Waals surface area contributed by atoms with Crippen LogP contribution in [0.4, 0.5) is 10.1 Å². The Hall–Kier alpha value is -2.52. The molecule has 0 saturated carbocycles. The molecule has 1 aromatic heterocycles. The number of halogens is 2. The maximum absolute atomic E-state index is 13.5. The Balaban J connectivity index is 0.00000225. The molecule has 3 rings (SSSR count). The van der Waals surface area contributed by atoms with Gasteiger partial charge in [-0.15, -0.1) is 12.4 Å². The van der Waals surface area contributed by atoms with Crippen molar-refractivity contribution >= 4 is 24.0 Å². The number of carbonyl (C=O) groups is 1. The fourth-order valence-electron chi connectivity index (χ4n) is 2.89. The van der Waals surface area contributed by atoms with E-state index in [1.165, 1.54) is 24.0 Å². The Labute approximate surface area is 149 Å². The van der Waals surface area contributed by atoms with Crippen molar-refractivity contribution in [2.75, 3.05) is 19.6 Å². The van der Waals surface area contributed by atoms with Gasteiger partial charge in [-0.2, -0.15) is 5.10 Å². The molecule has 2 heterocycles. The fourth-order valence-corrected chi connectivity index (χ4v) is 2.89. The van der Waals surface area contributed by atoms with Crippen LogP contribution in [-0.2, 0) is 0 Å². The molecule has 1 saturated heterocycles. The first-order chi connectivity index (χ1) is 11.5. The summed E-state index contributed by atoms with van der Waals surface area (Å²) in [5.41, 5.74) is 0.309. The van der Waals surface area contributed by atoms with Gasteiger partial charge in [0, 0.05) is 19.6 Å². The van der Waals surface area contributed by atoms with Crippen molar-refractivity contribution in [3.63, 3.8) is 0 Å². The van der Waals surface area contributed by atoms with E-state index in [1.807, 2.05) is 0 Å². The molecule has 1 unspecified atom stereocenters. The summed E-state index contributed by atoms with van der Waals surface area (Å²) in [4.78, 5) is 24.9. The number of aromatic amines is 1. The van der Waals surface area contributed by atoms with Gasteiger partial charge in [-0.1, -0.05) is 12.1 Å². The van der Waals surface area contributed by atoms with Crippen LogP contribution in [0.3, 0.4) is 0 Å². The minimum absolute atomic E-state index is 0. The number of nitrogens with one attached hydrogen (secondary N) is 2. The highest BCUT2D eigenvalue weighted by Gasteiger charge is 2.35. The number of amides is 1. The molecule has 2 aromatic rings. The van der Waals surface area contributed by atoms with Gasteiger partial charge in [-0.3, -0.25) is 20.0 Å². The zero-order valence-electron chi connectivity index (χ0n) is 13.4. The van der Waals surface area contributed by atoms with Crippen LogP contribution in [0.1, 0.15) is 27.8 Å². The number of piperazine rings is 1. The summed E-state index contributed by atoms with van der Waals surface area (Å²) in [6.07, 6.45) is 0. The second-order valence-corrected chi connectivity index (χ2v) is 5.58. The number of rotatable bonds is 3. The maximum Gasteiger partial charge on any atom is 0.322 e. The van der Waals surface area contributed by atoms with Gasteiger partial charge in [0.1, 0.15) is 11.5 Å².